The summed E-state index contributed by atoms with van der Waals surface area (Å²) in [6.07, 6.45) is -0.866. The monoisotopic (exact) mass is 267 g/mol. The SMILES string of the molecule is N#Cc1cccc(OC(C(=O)NN)c2ccccc2)c1. The maximum atomic E-state index is 11.8. The van der Waals surface area contributed by atoms with E-state index in [0.717, 1.165) is 0 Å². The lowest BCUT2D eigenvalue weighted by molar-refractivity contribution is -0.128. The second-order valence-electron chi connectivity index (χ2n) is 4.06. The molecule has 1 unspecified atom stereocenters. The molecule has 1 atom stereocenters. The van der Waals surface area contributed by atoms with E-state index in [1.54, 1.807) is 48.5 Å². The lowest BCUT2D eigenvalue weighted by atomic mass is 10.1. The minimum atomic E-state index is -0.866. The van der Waals surface area contributed by atoms with Gasteiger partial charge in [0.15, 0.2) is 0 Å². The van der Waals surface area contributed by atoms with Crippen LogP contribution in [0.3, 0.4) is 0 Å². The van der Waals surface area contributed by atoms with Crippen molar-refractivity contribution in [1.29, 1.82) is 5.26 Å². The summed E-state index contributed by atoms with van der Waals surface area (Å²) < 4.78 is 5.65. The van der Waals surface area contributed by atoms with E-state index in [4.69, 9.17) is 15.8 Å². The molecule has 0 radical (unpaired) electrons. The molecule has 100 valence electrons. The van der Waals surface area contributed by atoms with Gasteiger partial charge in [0, 0.05) is 5.56 Å². The van der Waals surface area contributed by atoms with Gasteiger partial charge in [-0.05, 0) is 18.2 Å². The van der Waals surface area contributed by atoms with Gasteiger partial charge in [0.05, 0.1) is 11.6 Å². The first-order chi connectivity index (χ1) is 9.74. The van der Waals surface area contributed by atoms with Crippen molar-refractivity contribution in [1.82, 2.24) is 5.43 Å². The third-order valence-corrected chi connectivity index (χ3v) is 2.70. The zero-order valence-corrected chi connectivity index (χ0v) is 10.6. The van der Waals surface area contributed by atoms with E-state index >= 15 is 0 Å². The van der Waals surface area contributed by atoms with Gasteiger partial charge < -0.3 is 4.74 Å². The Labute approximate surface area is 116 Å². The smallest absolute Gasteiger partial charge is 0.279 e. The van der Waals surface area contributed by atoms with Crippen molar-refractivity contribution in [3.8, 4) is 11.8 Å². The predicted octanol–water partition coefficient (Wildman–Crippen LogP) is 1.67. The van der Waals surface area contributed by atoms with Crippen molar-refractivity contribution < 1.29 is 9.53 Å². The number of hydrazine groups is 1. The molecule has 5 heteroatoms. The van der Waals surface area contributed by atoms with E-state index in [1.807, 2.05) is 12.1 Å². The Morgan fingerprint density at radius 2 is 1.95 bits per heavy atom. The van der Waals surface area contributed by atoms with Gasteiger partial charge in [-0.2, -0.15) is 5.26 Å². The molecule has 5 nitrogen and oxygen atoms in total. The Hall–Kier alpha value is -2.84. The first kappa shape index (κ1) is 13.6. The molecule has 3 N–H and O–H groups in total. The fraction of sp³-hybridized carbons (Fsp3) is 0.0667. The van der Waals surface area contributed by atoms with Gasteiger partial charge in [-0.1, -0.05) is 36.4 Å². The Bertz CT molecular complexity index is 635. The van der Waals surface area contributed by atoms with Crippen LogP contribution in [0.25, 0.3) is 0 Å². The number of carbonyl (C=O) groups is 1. The van der Waals surface area contributed by atoms with E-state index in [9.17, 15) is 4.79 Å². The molecule has 0 aromatic heterocycles. The number of benzene rings is 2. The number of rotatable bonds is 4. The second-order valence-corrected chi connectivity index (χ2v) is 4.06. The minimum absolute atomic E-state index is 0.432. The molecule has 2 rings (SSSR count). The van der Waals surface area contributed by atoms with Gasteiger partial charge in [0.1, 0.15) is 5.75 Å². The highest BCUT2D eigenvalue weighted by molar-refractivity contribution is 5.82. The number of nitrogens with zero attached hydrogens (tertiary/aromatic N) is 1. The lowest BCUT2D eigenvalue weighted by Crippen LogP contribution is -2.37. The van der Waals surface area contributed by atoms with Crippen molar-refractivity contribution in [2.45, 2.75) is 6.10 Å². The molecular weight excluding hydrogens is 254 g/mol. The summed E-state index contributed by atoms with van der Waals surface area (Å²) in [5.41, 5.74) is 3.22. The summed E-state index contributed by atoms with van der Waals surface area (Å²) in [7, 11) is 0. The van der Waals surface area contributed by atoms with Crippen molar-refractivity contribution in [2.75, 3.05) is 0 Å². The number of hydrogen-bond acceptors (Lipinski definition) is 4. The summed E-state index contributed by atoms with van der Waals surface area (Å²) in [6, 6.07) is 17.6. The summed E-state index contributed by atoms with van der Waals surface area (Å²) in [5.74, 6) is 5.16. The zero-order chi connectivity index (χ0) is 14.4. The van der Waals surface area contributed by atoms with Gasteiger partial charge in [0.25, 0.3) is 5.91 Å². The summed E-state index contributed by atoms with van der Waals surface area (Å²) in [6.45, 7) is 0. The van der Waals surface area contributed by atoms with Crippen LogP contribution in [0.1, 0.15) is 17.2 Å². The van der Waals surface area contributed by atoms with Gasteiger partial charge in [-0.3, -0.25) is 10.2 Å². The van der Waals surface area contributed by atoms with Crippen LogP contribution in [-0.2, 0) is 4.79 Å². The highest BCUT2D eigenvalue weighted by atomic mass is 16.5. The fourth-order valence-electron chi connectivity index (χ4n) is 1.75. The number of nitriles is 1. The predicted molar refractivity (Wildman–Crippen MR) is 73.3 cm³/mol. The Morgan fingerprint density at radius 1 is 1.20 bits per heavy atom. The highest BCUT2D eigenvalue weighted by Crippen LogP contribution is 2.22. The average molecular weight is 267 g/mol. The standard InChI is InChI=1S/C15H13N3O2/c16-10-11-5-4-8-13(9-11)20-14(15(19)18-17)12-6-2-1-3-7-12/h1-9,14H,17H2,(H,18,19). The molecule has 0 heterocycles. The largest absolute Gasteiger partial charge is 0.476 e. The molecule has 0 fully saturated rings. The van der Waals surface area contributed by atoms with Gasteiger partial charge in [-0.15, -0.1) is 0 Å². The molecule has 0 bridgehead atoms. The molecular formula is C15H13N3O2. The molecule has 0 saturated carbocycles. The second kappa shape index (κ2) is 6.36. The van der Waals surface area contributed by atoms with E-state index in [1.165, 1.54) is 0 Å². The number of ether oxygens (including phenoxy) is 1. The first-order valence-corrected chi connectivity index (χ1v) is 5.97. The maximum absolute atomic E-state index is 11.8. The van der Waals surface area contributed by atoms with Crippen LogP contribution in [0, 0.1) is 11.3 Å². The Morgan fingerprint density at radius 3 is 2.60 bits per heavy atom. The van der Waals surface area contributed by atoms with Crippen LogP contribution >= 0.6 is 0 Å². The van der Waals surface area contributed by atoms with Crippen LogP contribution in [0.15, 0.2) is 54.6 Å². The van der Waals surface area contributed by atoms with Crippen LogP contribution < -0.4 is 16.0 Å². The third kappa shape index (κ3) is 3.13. The highest BCUT2D eigenvalue weighted by Gasteiger charge is 2.21. The minimum Gasteiger partial charge on any atom is -0.476 e. The van der Waals surface area contributed by atoms with Crippen LogP contribution in [0.2, 0.25) is 0 Å². The lowest BCUT2D eigenvalue weighted by Gasteiger charge is -2.18. The molecule has 0 aliphatic rings. The molecule has 1 amide bonds. The molecule has 20 heavy (non-hydrogen) atoms. The van der Waals surface area contributed by atoms with Crippen LogP contribution in [0.5, 0.6) is 5.75 Å². The molecule has 0 saturated heterocycles. The van der Waals surface area contributed by atoms with Crippen LogP contribution in [0.4, 0.5) is 0 Å². The molecule has 0 aliphatic heterocycles. The summed E-state index contributed by atoms with van der Waals surface area (Å²) >= 11 is 0. The van der Waals surface area contributed by atoms with Gasteiger partial charge in [0.2, 0.25) is 6.10 Å². The third-order valence-electron chi connectivity index (χ3n) is 2.70. The van der Waals surface area contributed by atoms with E-state index < -0.39 is 12.0 Å². The first-order valence-electron chi connectivity index (χ1n) is 5.97. The van der Waals surface area contributed by atoms with Crippen molar-refractivity contribution in [3.05, 3.63) is 65.7 Å². The topological polar surface area (TPSA) is 88.1 Å². The van der Waals surface area contributed by atoms with Crippen molar-refractivity contribution in [2.24, 2.45) is 5.84 Å². The van der Waals surface area contributed by atoms with E-state index in [-0.39, 0.29) is 0 Å². The average Bonchev–Trinajstić information content (AvgIpc) is 2.53. The molecule has 2 aromatic rings. The number of amides is 1. The Kier molecular flexibility index (Phi) is 4.32. The molecule has 2 aromatic carbocycles. The molecule has 0 spiro atoms. The van der Waals surface area contributed by atoms with Gasteiger partial charge in [-0.25, -0.2) is 5.84 Å². The Balaban J connectivity index is 2.29. The number of nitrogens with two attached hydrogens (primary N) is 1. The summed E-state index contributed by atoms with van der Waals surface area (Å²) in [5, 5.41) is 8.86. The van der Waals surface area contributed by atoms with Crippen molar-refractivity contribution in [3.63, 3.8) is 0 Å². The fourth-order valence-corrected chi connectivity index (χ4v) is 1.75. The van der Waals surface area contributed by atoms with Gasteiger partial charge >= 0.3 is 0 Å². The number of carbonyl (C=O) groups excluding carboxylic acids is 1. The normalized spacial score (nSPS) is 11.2. The number of hydrogen-bond donors (Lipinski definition) is 2. The van der Waals surface area contributed by atoms with E-state index in [0.29, 0.717) is 16.9 Å². The van der Waals surface area contributed by atoms with E-state index in [2.05, 4.69) is 5.43 Å². The zero-order valence-electron chi connectivity index (χ0n) is 10.6. The van der Waals surface area contributed by atoms with Crippen LogP contribution in [-0.4, -0.2) is 5.91 Å². The number of nitrogens with one attached hydrogen (secondary N) is 1. The maximum Gasteiger partial charge on any atom is 0.279 e. The molecule has 0 aliphatic carbocycles. The van der Waals surface area contributed by atoms with Crippen molar-refractivity contribution >= 4 is 5.91 Å². The summed E-state index contributed by atoms with van der Waals surface area (Å²) in [4.78, 5) is 11.8. The quantitative estimate of drug-likeness (QED) is 0.501.